The second-order valence-electron chi connectivity index (χ2n) is 7.93. The minimum Gasteiger partial charge on any atom is -0.493 e. The first-order chi connectivity index (χ1) is 17.8. The van der Waals surface area contributed by atoms with E-state index in [1.807, 2.05) is 0 Å². The van der Waals surface area contributed by atoms with Gasteiger partial charge in [-0.1, -0.05) is 30.1 Å². The van der Waals surface area contributed by atoms with Crippen LogP contribution in [0, 0.1) is 10.1 Å². The van der Waals surface area contributed by atoms with Crippen molar-refractivity contribution in [2.24, 2.45) is 4.99 Å². The third kappa shape index (κ3) is 4.94. The zero-order valence-electron chi connectivity index (χ0n) is 20.3. The van der Waals surface area contributed by atoms with Crippen LogP contribution in [0.25, 0.3) is 6.08 Å². The highest BCUT2D eigenvalue weighted by molar-refractivity contribution is 7.07. The monoisotopic (exact) mass is 521 g/mol. The number of ether oxygens (including phenoxy) is 3. The second kappa shape index (κ2) is 10.6. The highest BCUT2D eigenvalue weighted by atomic mass is 32.1. The summed E-state index contributed by atoms with van der Waals surface area (Å²) < 4.78 is 18.0. The number of aromatic nitrogens is 1. The molecule has 190 valence electrons. The first kappa shape index (κ1) is 25.6. The number of hydrogen-bond acceptors (Lipinski definition) is 9. The smallest absolute Gasteiger partial charge is 0.338 e. The Morgan fingerprint density at radius 3 is 2.57 bits per heavy atom. The van der Waals surface area contributed by atoms with E-state index >= 15 is 0 Å². The number of fused-ring (bicyclic) bond motifs is 1. The molecule has 0 aliphatic carbocycles. The van der Waals surface area contributed by atoms with E-state index in [0.717, 1.165) is 11.3 Å². The Morgan fingerprint density at radius 1 is 1.22 bits per heavy atom. The van der Waals surface area contributed by atoms with Gasteiger partial charge in [0.25, 0.3) is 11.2 Å². The summed E-state index contributed by atoms with van der Waals surface area (Å²) in [4.78, 5) is 41.9. The Bertz CT molecular complexity index is 1600. The summed E-state index contributed by atoms with van der Waals surface area (Å²) in [6.45, 7) is 5.61. The third-order valence-electron chi connectivity index (χ3n) is 5.69. The number of non-ortho nitro benzene ring substituents is 1. The second-order valence-corrected chi connectivity index (χ2v) is 8.94. The highest BCUT2D eigenvalue weighted by Crippen LogP contribution is 2.36. The predicted molar refractivity (Wildman–Crippen MR) is 138 cm³/mol. The first-order valence-corrected chi connectivity index (χ1v) is 11.9. The summed E-state index contributed by atoms with van der Waals surface area (Å²) in [7, 11) is 2.77. The van der Waals surface area contributed by atoms with E-state index in [0.29, 0.717) is 37.7 Å². The lowest BCUT2D eigenvalue weighted by atomic mass is 9.95. The standard InChI is InChI=1S/C26H23N3O7S/c1-5-12-36-19-11-8-17(14-20(19)34-3)23-22(25(31)35-4)15(2)27-26-28(23)24(30)21(37-26)13-16-6-9-18(10-7-16)29(32)33/h5-11,13-14,23H,1,12H2,2-4H3/b21-13-. The normalized spacial score (nSPS) is 15.0. The van der Waals surface area contributed by atoms with Crippen LogP contribution < -0.4 is 24.4 Å². The molecule has 1 aliphatic heterocycles. The summed E-state index contributed by atoms with van der Waals surface area (Å²) in [6, 6.07) is 10.2. The quantitative estimate of drug-likeness (QED) is 0.193. The van der Waals surface area contributed by atoms with Gasteiger partial charge < -0.3 is 14.2 Å². The lowest BCUT2D eigenvalue weighted by Crippen LogP contribution is -2.39. The number of esters is 1. The third-order valence-corrected chi connectivity index (χ3v) is 6.67. The molecule has 0 amide bonds. The molecule has 10 nitrogen and oxygen atoms in total. The van der Waals surface area contributed by atoms with Gasteiger partial charge in [-0.15, -0.1) is 0 Å². The maximum absolute atomic E-state index is 13.6. The van der Waals surface area contributed by atoms with Gasteiger partial charge >= 0.3 is 5.97 Å². The Kier molecular flexibility index (Phi) is 7.35. The summed E-state index contributed by atoms with van der Waals surface area (Å²) >= 11 is 1.16. The van der Waals surface area contributed by atoms with Crippen LogP contribution in [-0.4, -0.2) is 36.3 Å². The van der Waals surface area contributed by atoms with Crippen LogP contribution in [0.4, 0.5) is 5.69 Å². The zero-order valence-corrected chi connectivity index (χ0v) is 21.1. The van der Waals surface area contributed by atoms with Gasteiger partial charge in [0.05, 0.1) is 41.0 Å². The summed E-state index contributed by atoms with van der Waals surface area (Å²) in [5.41, 5.74) is 1.44. The molecule has 2 aromatic carbocycles. The number of hydrogen-bond donors (Lipinski definition) is 0. The number of nitrogens with zero attached hydrogens (tertiary/aromatic N) is 3. The average molecular weight is 522 g/mol. The Hall–Kier alpha value is -4.51. The van der Waals surface area contributed by atoms with E-state index < -0.39 is 16.9 Å². The molecule has 1 aromatic heterocycles. The van der Waals surface area contributed by atoms with Crippen molar-refractivity contribution >= 4 is 29.1 Å². The fourth-order valence-electron chi connectivity index (χ4n) is 3.97. The number of allylic oxidation sites excluding steroid dienone is 1. The SMILES string of the molecule is C=CCOc1ccc(C2C(C(=O)OC)=C(C)N=c3s/c(=C\c4ccc([N+](=O)[O-])cc4)c(=O)n32)cc1OC. The molecule has 0 fully saturated rings. The van der Waals surface area contributed by atoms with Crippen molar-refractivity contribution in [3.63, 3.8) is 0 Å². The molecule has 11 heteroatoms. The van der Waals surface area contributed by atoms with Gasteiger partial charge in [-0.3, -0.25) is 19.5 Å². The van der Waals surface area contributed by atoms with Gasteiger partial charge in [-0.05, 0) is 48.4 Å². The minimum absolute atomic E-state index is 0.0496. The molecule has 2 heterocycles. The number of nitro benzene ring substituents is 1. The molecule has 0 radical (unpaired) electrons. The lowest BCUT2D eigenvalue weighted by Gasteiger charge is -2.25. The number of benzene rings is 2. The minimum atomic E-state index is -0.829. The van der Waals surface area contributed by atoms with Gasteiger partial charge in [-0.2, -0.15) is 0 Å². The lowest BCUT2D eigenvalue weighted by molar-refractivity contribution is -0.384. The maximum atomic E-state index is 13.6. The number of methoxy groups -OCH3 is 2. The van der Waals surface area contributed by atoms with Crippen LogP contribution in [0.2, 0.25) is 0 Å². The van der Waals surface area contributed by atoms with E-state index in [-0.39, 0.29) is 23.4 Å². The molecule has 0 bridgehead atoms. The molecule has 37 heavy (non-hydrogen) atoms. The van der Waals surface area contributed by atoms with E-state index in [2.05, 4.69) is 11.6 Å². The van der Waals surface area contributed by atoms with Crippen molar-refractivity contribution in [3.05, 3.63) is 107 Å². The Balaban J connectivity index is 1.90. The van der Waals surface area contributed by atoms with Gasteiger partial charge in [0.2, 0.25) is 0 Å². The van der Waals surface area contributed by atoms with Crippen LogP contribution in [0.5, 0.6) is 11.5 Å². The van der Waals surface area contributed by atoms with Crippen LogP contribution in [0.3, 0.4) is 0 Å². The highest BCUT2D eigenvalue weighted by Gasteiger charge is 2.33. The van der Waals surface area contributed by atoms with Crippen LogP contribution in [0.1, 0.15) is 24.1 Å². The van der Waals surface area contributed by atoms with E-state index in [9.17, 15) is 19.7 Å². The fourth-order valence-corrected chi connectivity index (χ4v) is 5.02. The van der Waals surface area contributed by atoms with Crippen molar-refractivity contribution in [3.8, 4) is 11.5 Å². The predicted octanol–water partition coefficient (Wildman–Crippen LogP) is 2.89. The molecule has 0 spiro atoms. The van der Waals surface area contributed by atoms with Gasteiger partial charge in [0.1, 0.15) is 6.61 Å². The number of carbonyl (C=O) groups excluding carboxylic acids is 1. The number of nitro groups is 1. The number of thiazole rings is 1. The Morgan fingerprint density at radius 2 is 1.95 bits per heavy atom. The molecular weight excluding hydrogens is 498 g/mol. The molecule has 0 saturated heterocycles. The van der Waals surface area contributed by atoms with Crippen molar-refractivity contribution in [1.82, 2.24) is 4.57 Å². The van der Waals surface area contributed by atoms with Crippen LogP contribution in [0.15, 0.2) is 76.2 Å². The molecule has 3 aromatic rings. The van der Waals surface area contributed by atoms with Gasteiger partial charge in [-0.25, -0.2) is 9.79 Å². The molecule has 0 N–H and O–H groups in total. The molecular formula is C26H23N3O7S. The molecule has 0 saturated carbocycles. The maximum Gasteiger partial charge on any atom is 0.338 e. The van der Waals surface area contributed by atoms with Crippen molar-refractivity contribution < 1.29 is 23.9 Å². The van der Waals surface area contributed by atoms with Crippen molar-refractivity contribution in [2.45, 2.75) is 13.0 Å². The van der Waals surface area contributed by atoms with Crippen LogP contribution >= 0.6 is 11.3 Å². The number of carbonyl (C=O) groups is 1. The summed E-state index contributed by atoms with van der Waals surface area (Å²) in [5, 5.41) is 11.0. The molecule has 1 unspecified atom stereocenters. The van der Waals surface area contributed by atoms with Gasteiger partial charge in [0, 0.05) is 12.1 Å². The van der Waals surface area contributed by atoms with Gasteiger partial charge in [0.15, 0.2) is 16.3 Å². The molecule has 4 rings (SSSR count). The zero-order chi connectivity index (χ0) is 26.7. The van der Waals surface area contributed by atoms with Crippen LogP contribution in [-0.2, 0) is 9.53 Å². The van der Waals surface area contributed by atoms with E-state index in [1.165, 1.54) is 30.9 Å². The topological polar surface area (TPSA) is 122 Å². The van der Waals surface area contributed by atoms with Crippen molar-refractivity contribution in [1.29, 1.82) is 0 Å². The first-order valence-electron chi connectivity index (χ1n) is 11.1. The molecule has 1 aliphatic rings. The largest absolute Gasteiger partial charge is 0.493 e. The summed E-state index contributed by atoms with van der Waals surface area (Å²) in [5.74, 6) is 0.296. The summed E-state index contributed by atoms with van der Waals surface area (Å²) in [6.07, 6.45) is 3.24. The fraction of sp³-hybridized carbons (Fsp3) is 0.192. The van der Waals surface area contributed by atoms with E-state index in [4.69, 9.17) is 14.2 Å². The molecule has 1 atom stereocenters. The average Bonchev–Trinajstić information content (AvgIpc) is 3.20. The van der Waals surface area contributed by atoms with Crippen molar-refractivity contribution in [2.75, 3.05) is 20.8 Å². The van der Waals surface area contributed by atoms with E-state index in [1.54, 1.807) is 49.4 Å². The Labute approximate surface area is 215 Å². The number of rotatable bonds is 8.